The van der Waals surface area contributed by atoms with Gasteiger partial charge in [0.15, 0.2) is 0 Å². The first-order valence-electron chi connectivity index (χ1n) is 7.17. The van der Waals surface area contributed by atoms with Gasteiger partial charge in [-0.1, -0.05) is 26.2 Å². The number of carbonyl (C=O) groups is 1. The molecule has 106 valence electrons. The molecular formula is C14H27NO3. The Hall–Kier alpha value is -0.610. The molecule has 0 aromatic heterocycles. The summed E-state index contributed by atoms with van der Waals surface area (Å²) in [6, 6.07) is 0.399. The van der Waals surface area contributed by atoms with Crippen molar-refractivity contribution >= 4 is 5.97 Å². The summed E-state index contributed by atoms with van der Waals surface area (Å²) in [4.78, 5) is 11.3. The first-order chi connectivity index (χ1) is 8.58. The van der Waals surface area contributed by atoms with E-state index in [1.165, 1.54) is 19.3 Å². The minimum atomic E-state index is -0.829. The van der Waals surface area contributed by atoms with Crippen molar-refractivity contribution in [2.75, 3.05) is 13.2 Å². The summed E-state index contributed by atoms with van der Waals surface area (Å²) in [6.45, 7) is 5.21. The maximum Gasteiger partial charge on any atom is 0.323 e. The van der Waals surface area contributed by atoms with E-state index in [0.717, 1.165) is 25.9 Å². The first-order valence-corrected chi connectivity index (χ1v) is 7.17. The highest BCUT2D eigenvalue weighted by Gasteiger charge is 2.38. The van der Waals surface area contributed by atoms with Crippen LogP contribution in [0.3, 0.4) is 0 Å². The molecule has 0 aromatic rings. The lowest BCUT2D eigenvalue weighted by molar-refractivity contribution is -0.145. The molecule has 0 spiro atoms. The third-order valence-electron chi connectivity index (χ3n) is 3.46. The summed E-state index contributed by atoms with van der Waals surface area (Å²) in [5.74, 6) is -0.774. The van der Waals surface area contributed by atoms with Gasteiger partial charge >= 0.3 is 5.97 Å². The summed E-state index contributed by atoms with van der Waals surface area (Å²) in [5.41, 5.74) is -0.829. The van der Waals surface area contributed by atoms with Gasteiger partial charge in [-0.25, -0.2) is 0 Å². The number of nitrogens with one attached hydrogen (secondary N) is 1. The van der Waals surface area contributed by atoms with Gasteiger partial charge in [0.2, 0.25) is 0 Å². The van der Waals surface area contributed by atoms with Gasteiger partial charge in [-0.2, -0.15) is 0 Å². The first kappa shape index (κ1) is 15.4. The second-order valence-electron chi connectivity index (χ2n) is 5.48. The van der Waals surface area contributed by atoms with Crippen LogP contribution in [0.5, 0.6) is 0 Å². The molecule has 4 heteroatoms. The number of ether oxygens (including phenoxy) is 1. The van der Waals surface area contributed by atoms with Gasteiger partial charge in [0.05, 0.1) is 0 Å². The van der Waals surface area contributed by atoms with Crippen molar-refractivity contribution in [1.82, 2.24) is 5.32 Å². The lowest BCUT2D eigenvalue weighted by Crippen LogP contribution is -2.51. The third-order valence-corrected chi connectivity index (χ3v) is 3.46. The Labute approximate surface area is 110 Å². The lowest BCUT2D eigenvalue weighted by atomic mass is 9.98. The van der Waals surface area contributed by atoms with E-state index in [0.29, 0.717) is 19.1 Å². The molecule has 18 heavy (non-hydrogen) atoms. The van der Waals surface area contributed by atoms with Crippen LogP contribution in [0.25, 0.3) is 0 Å². The standard InChI is InChI=1S/C14H27NO3/c1-3-4-5-6-10-18-11-9-14(2,13(16)17)15-12-7-8-12/h12,15H,3-11H2,1-2H3,(H,16,17). The molecule has 1 aliphatic rings. The van der Waals surface area contributed by atoms with Gasteiger partial charge in [0, 0.05) is 19.3 Å². The van der Waals surface area contributed by atoms with Crippen molar-refractivity contribution in [2.24, 2.45) is 0 Å². The molecule has 1 fully saturated rings. The Morgan fingerprint density at radius 1 is 1.33 bits per heavy atom. The summed E-state index contributed by atoms with van der Waals surface area (Å²) < 4.78 is 5.52. The number of carboxylic acids is 1. The topological polar surface area (TPSA) is 58.6 Å². The number of rotatable bonds is 11. The predicted octanol–water partition coefficient (Wildman–Crippen LogP) is 2.57. The SMILES string of the molecule is CCCCCCOCCC(C)(NC1CC1)C(=O)O. The highest BCUT2D eigenvalue weighted by molar-refractivity contribution is 5.78. The van der Waals surface area contributed by atoms with Gasteiger partial charge in [0.1, 0.15) is 5.54 Å². The zero-order valence-electron chi connectivity index (χ0n) is 11.7. The molecule has 0 aromatic carbocycles. The van der Waals surface area contributed by atoms with Crippen molar-refractivity contribution in [1.29, 1.82) is 0 Å². The van der Waals surface area contributed by atoms with Crippen LogP contribution in [-0.2, 0) is 9.53 Å². The lowest BCUT2D eigenvalue weighted by Gasteiger charge is -2.26. The Morgan fingerprint density at radius 2 is 2.06 bits per heavy atom. The van der Waals surface area contributed by atoms with Crippen LogP contribution in [-0.4, -0.2) is 35.9 Å². The maximum absolute atomic E-state index is 11.3. The van der Waals surface area contributed by atoms with Crippen LogP contribution in [0, 0.1) is 0 Å². The number of hydrogen-bond donors (Lipinski definition) is 2. The quantitative estimate of drug-likeness (QED) is 0.559. The Balaban J connectivity index is 2.11. The van der Waals surface area contributed by atoms with Crippen LogP contribution < -0.4 is 5.32 Å². The van der Waals surface area contributed by atoms with E-state index in [4.69, 9.17) is 4.74 Å². The monoisotopic (exact) mass is 257 g/mol. The third kappa shape index (κ3) is 5.83. The van der Waals surface area contributed by atoms with E-state index >= 15 is 0 Å². The van der Waals surface area contributed by atoms with Crippen molar-refractivity contribution in [2.45, 2.75) is 70.4 Å². The molecule has 1 unspecified atom stereocenters. The summed E-state index contributed by atoms with van der Waals surface area (Å²) in [7, 11) is 0. The van der Waals surface area contributed by atoms with E-state index in [1.54, 1.807) is 6.92 Å². The Morgan fingerprint density at radius 3 is 2.61 bits per heavy atom. The zero-order chi connectivity index (χ0) is 13.4. The van der Waals surface area contributed by atoms with Crippen molar-refractivity contribution in [3.8, 4) is 0 Å². The summed E-state index contributed by atoms with van der Waals surface area (Å²) >= 11 is 0. The van der Waals surface area contributed by atoms with Crippen LogP contribution in [0.2, 0.25) is 0 Å². The number of carboxylic acid groups (broad SMARTS) is 1. The van der Waals surface area contributed by atoms with Crippen LogP contribution in [0.15, 0.2) is 0 Å². The fraction of sp³-hybridized carbons (Fsp3) is 0.929. The van der Waals surface area contributed by atoms with Crippen LogP contribution in [0.4, 0.5) is 0 Å². The minimum Gasteiger partial charge on any atom is -0.480 e. The van der Waals surface area contributed by atoms with Crippen molar-refractivity contribution in [3.63, 3.8) is 0 Å². The van der Waals surface area contributed by atoms with Gasteiger partial charge < -0.3 is 9.84 Å². The van der Waals surface area contributed by atoms with Gasteiger partial charge in [-0.15, -0.1) is 0 Å². The molecule has 4 nitrogen and oxygen atoms in total. The van der Waals surface area contributed by atoms with Gasteiger partial charge in [0.25, 0.3) is 0 Å². The Bertz CT molecular complexity index is 253. The van der Waals surface area contributed by atoms with Crippen LogP contribution in [0.1, 0.15) is 58.8 Å². The summed E-state index contributed by atoms with van der Waals surface area (Å²) in [5, 5.41) is 12.5. The molecule has 1 saturated carbocycles. The molecule has 2 N–H and O–H groups in total. The highest BCUT2D eigenvalue weighted by atomic mass is 16.5. The molecule has 0 amide bonds. The second-order valence-corrected chi connectivity index (χ2v) is 5.48. The maximum atomic E-state index is 11.3. The highest BCUT2D eigenvalue weighted by Crippen LogP contribution is 2.24. The molecule has 0 aliphatic heterocycles. The normalized spacial score (nSPS) is 18.6. The van der Waals surface area contributed by atoms with E-state index in [9.17, 15) is 9.90 Å². The van der Waals surface area contributed by atoms with Gasteiger partial charge in [-0.3, -0.25) is 10.1 Å². The minimum absolute atomic E-state index is 0.399. The molecule has 0 bridgehead atoms. The van der Waals surface area contributed by atoms with Gasteiger partial charge in [-0.05, 0) is 32.6 Å². The fourth-order valence-electron chi connectivity index (χ4n) is 1.93. The second kappa shape index (κ2) is 7.74. The molecular weight excluding hydrogens is 230 g/mol. The smallest absolute Gasteiger partial charge is 0.323 e. The number of aliphatic carboxylic acids is 1. The van der Waals surface area contributed by atoms with E-state index in [-0.39, 0.29) is 0 Å². The predicted molar refractivity (Wildman–Crippen MR) is 71.8 cm³/mol. The molecule has 1 rings (SSSR count). The van der Waals surface area contributed by atoms with E-state index in [1.807, 2.05) is 0 Å². The largest absolute Gasteiger partial charge is 0.480 e. The average molecular weight is 257 g/mol. The van der Waals surface area contributed by atoms with Crippen molar-refractivity contribution in [3.05, 3.63) is 0 Å². The van der Waals surface area contributed by atoms with Crippen LogP contribution >= 0.6 is 0 Å². The molecule has 1 aliphatic carbocycles. The molecule has 0 saturated heterocycles. The molecule has 0 radical (unpaired) electrons. The van der Waals surface area contributed by atoms with E-state index in [2.05, 4.69) is 12.2 Å². The van der Waals surface area contributed by atoms with Crippen molar-refractivity contribution < 1.29 is 14.6 Å². The fourth-order valence-corrected chi connectivity index (χ4v) is 1.93. The zero-order valence-corrected chi connectivity index (χ0v) is 11.7. The number of unbranched alkanes of at least 4 members (excludes halogenated alkanes) is 3. The summed E-state index contributed by atoms with van der Waals surface area (Å²) in [6.07, 6.45) is 7.48. The molecule has 1 atom stereocenters. The molecule has 0 heterocycles. The van der Waals surface area contributed by atoms with E-state index < -0.39 is 11.5 Å². The Kier molecular flexibility index (Phi) is 6.65. The number of hydrogen-bond acceptors (Lipinski definition) is 3. The average Bonchev–Trinajstić information content (AvgIpc) is 3.11.